The molecule has 0 aliphatic rings. The summed E-state index contributed by atoms with van der Waals surface area (Å²) < 4.78 is 9.64. The second kappa shape index (κ2) is 6.49. The van der Waals surface area contributed by atoms with Crippen LogP contribution in [-0.2, 0) is 13.0 Å². The Morgan fingerprint density at radius 1 is 1.33 bits per heavy atom. The van der Waals surface area contributed by atoms with E-state index in [0.717, 1.165) is 40.7 Å². The number of nitrogens with one attached hydrogen (secondary N) is 1. The van der Waals surface area contributed by atoms with Crippen LogP contribution in [0, 0.1) is 0 Å². The molecular formula is C15H16N4OS. The Morgan fingerprint density at radius 3 is 3.10 bits per heavy atom. The van der Waals surface area contributed by atoms with Gasteiger partial charge in [-0.2, -0.15) is 4.37 Å². The zero-order valence-electron chi connectivity index (χ0n) is 11.7. The highest BCUT2D eigenvalue weighted by atomic mass is 32.1. The summed E-state index contributed by atoms with van der Waals surface area (Å²) in [6, 6.07) is 8.17. The number of oxazole rings is 1. The maximum Gasteiger partial charge on any atom is 0.202 e. The minimum atomic E-state index is 0.711. The van der Waals surface area contributed by atoms with Crippen molar-refractivity contribution in [3.63, 3.8) is 0 Å². The highest BCUT2D eigenvalue weighted by Gasteiger charge is 2.05. The lowest BCUT2D eigenvalue weighted by Gasteiger charge is -2.04. The van der Waals surface area contributed by atoms with Gasteiger partial charge in [0.05, 0.1) is 6.20 Å². The van der Waals surface area contributed by atoms with Crippen molar-refractivity contribution in [1.29, 1.82) is 0 Å². The van der Waals surface area contributed by atoms with Crippen LogP contribution in [-0.4, -0.2) is 14.3 Å². The fraction of sp³-hybridized carbons (Fsp3) is 0.267. The number of nitrogens with zero attached hydrogens (tertiary/aromatic N) is 3. The van der Waals surface area contributed by atoms with Crippen molar-refractivity contribution < 1.29 is 4.42 Å². The molecule has 0 spiro atoms. The number of benzene rings is 1. The molecule has 0 saturated heterocycles. The molecule has 0 atom stereocenters. The van der Waals surface area contributed by atoms with Gasteiger partial charge in [-0.05, 0) is 18.1 Å². The lowest BCUT2D eigenvalue weighted by atomic mass is 10.1. The van der Waals surface area contributed by atoms with Gasteiger partial charge in [0.2, 0.25) is 5.13 Å². The molecule has 0 unspecified atom stereocenters. The molecule has 1 aromatic carbocycles. The second-order valence-electron chi connectivity index (χ2n) is 4.69. The Balaban J connectivity index is 1.66. The SMILES string of the molecule is CCCc1nsc(NCc2cccc(-c3cnco3)c2)n1. The molecule has 108 valence electrons. The van der Waals surface area contributed by atoms with E-state index in [2.05, 4.69) is 38.7 Å². The van der Waals surface area contributed by atoms with Crippen molar-refractivity contribution >= 4 is 16.7 Å². The Bertz CT molecular complexity index is 693. The average molecular weight is 300 g/mol. The third-order valence-electron chi connectivity index (χ3n) is 3.03. The number of anilines is 1. The third kappa shape index (κ3) is 3.46. The van der Waals surface area contributed by atoms with E-state index >= 15 is 0 Å². The summed E-state index contributed by atoms with van der Waals surface area (Å²) in [6.45, 7) is 2.84. The van der Waals surface area contributed by atoms with Crippen molar-refractivity contribution in [1.82, 2.24) is 14.3 Å². The van der Waals surface area contributed by atoms with Crippen LogP contribution in [0.3, 0.4) is 0 Å². The maximum absolute atomic E-state index is 5.32. The van der Waals surface area contributed by atoms with Crippen molar-refractivity contribution in [2.45, 2.75) is 26.3 Å². The van der Waals surface area contributed by atoms with Crippen LogP contribution in [0.5, 0.6) is 0 Å². The molecule has 0 bridgehead atoms. The van der Waals surface area contributed by atoms with Crippen LogP contribution in [0.2, 0.25) is 0 Å². The monoisotopic (exact) mass is 300 g/mol. The first-order chi connectivity index (χ1) is 10.3. The molecule has 2 aromatic heterocycles. The van der Waals surface area contributed by atoms with Gasteiger partial charge in [0.15, 0.2) is 12.2 Å². The third-order valence-corrected chi connectivity index (χ3v) is 3.74. The molecule has 0 aliphatic carbocycles. The molecule has 21 heavy (non-hydrogen) atoms. The predicted octanol–water partition coefficient (Wildman–Crippen LogP) is 3.76. The van der Waals surface area contributed by atoms with Crippen LogP contribution in [0.15, 0.2) is 41.3 Å². The van der Waals surface area contributed by atoms with Crippen molar-refractivity contribution in [3.8, 4) is 11.3 Å². The molecule has 6 heteroatoms. The molecule has 0 amide bonds. The summed E-state index contributed by atoms with van der Waals surface area (Å²) in [5.74, 6) is 1.69. The van der Waals surface area contributed by atoms with Gasteiger partial charge in [0, 0.05) is 30.1 Å². The molecule has 3 rings (SSSR count). The molecular weight excluding hydrogens is 284 g/mol. The van der Waals surface area contributed by atoms with E-state index in [1.807, 2.05) is 12.1 Å². The van der Waals surface area contributed by atoms with Gasteiger partial charge < -0.3 is 9.73 Å². The van der Waals surface area contributed by atoms with Crippen LogP contribution in [0.25, 0.3) is 11.3 Å². The molecule has 0 fully saturated rings. The first-order valence-electron chi connectivity index (χ1n) is 6.89. The first kappa shape index (κ1) is 13.8. The number of rotatable bonds is 6. The van der Waals surface area contributed by atoms with Gasteiger partial charge in [0.1, 0.15) is 5.82 Å². The fourth-order valence-electron chi connectivity index (χ4n) is 2.02. The Kier molecular flexibility index (Phi) is 4.25. The lowest BCUT2D eigenvalue weighted by Crippen LogP contribution is -1.99. The van der Waals surface area contributed by atoms with E-state index in [0.29, 0.717) is 6.54 Å². The van der Waals surface area contributed by atoms with Crippen LogP contribution in [0.4, 0.5) is 5.13 Å². The molecule has 0 radical (unpaired) electrons. The largest absolute Gasteiger partial charge is 0.444 e. The van der Waals surface area contributed by atoms with E-state index < -0.39 is 0 Å². The van der Waals surface area contributed by atoms with Gasteiger partial charge in [-0.1, -0.05) is 25.1 Å². The molecule has 5 nitrogen and oxygen atoms in total. The molecule has 3 aromatic rings. The van der Waals surface area contributed by atoms with Crippen LogP contribution in [0.1, 0.15) is 24.7 Å². The predicted molar refractivity (Wildman–Crippen MR) is 83.2 cm³/mol. The average Bonchev–Trinajstić information content (AvgIpc) is 3.18. The quantitative estimate of drug-likeness (QED) is 0.751. The Morgan fingerprint density at radius 2 is 2.29 bits per heavy atom. The molecule has 0 aliphatic heterocycles. The van der Waals surface area contributed by atoms with Crippen molar-refractivity contribution in [3.05, 3.63) is 48.2 Å². The summed E-state index contributed by atoms with van der Waals surface area (Å²) in [5, 5.41) is 4.18. The van der Waals surface area contributed by atoms with Crippen molar-refractivity contribution in [2.24, 2.45) is 0 Å². The van der Waals surface area contributed by atoms with Gasteiger partial charge >= 0.3 is 0 Å². The highest BCUT2D eigenvalue weighted by Crippen LogP contribution is 2.20. The number of aromatic nitrogens is 3. The van der Waals surface area contributed by atoms with Gasteiger partial charge in [-0.25, -0.2) is 9.97 Å². The molecule has 0 saturated carbocycles. The standard InChI is InChI=1S/C15H16N4OS/c1-2-4-14-18-15(21-19-14)17-8-11-5-3-6-12(7-11)13-9-16-10-20-13/h3,5-7,9-10H,2,4,8H2,1H3,(H,17,18,19). The minimum absolute atomic E-state index is 0.711. The smallest absolute Gasteiger partial charge is 0.202 e. The Labute approximate surface area is 127 Å². The normalized spacial score (nSPS) is 10.7. The number of aryl methyl sites for hydroxylation is 1. The van der Waals surface area contributed by atoms with E-state index in [4.69, 9.17) is 4.42 Å². The minimum Gasteiger partial charge on any atom is -0.444 e. The summed E-state index contributed by atoms with van der Waals surface area (Å²) >= 11 is 1.41. The van der Waals surface area contributed by atoms with Gasteiger partial charge in [-0.3, -0.25) is 0 Å². The number of hydrogen-bond acceptors (Lipinski definition) is 6. The zero-order chi connectivity index (χ0) is 14.5. The zero-order valence-corrected chi connectivity index (χ0v) is 12.6. The second-order valence-corrected chi connectivity index (χ2v) is 5.44. The van der Waals surface area contributed by atoms with Crippen LogP contribution >= 0.6 is 11.5 Å². The van der Waals surface area contributed by atoms with E-state index in [9.17, 15) is 0 Å². The first-order valence-corrected chi connectivity index (χ1v) is 7.66. The van der Waals surface area contributed by atoms with Gasteiger partial charge in [0.25, 0.3) is 0 Å². The highest BCUT2D eigenvalue weighted by molar-refractivity contribution is 7.09. The molecule has 2 heterocycles. The summed E-state index contributed by atoms with van der Waals surface area (Å²) in [6.07, 6.45) is 5.15. The summed E-state index contributed by atoms with van der Waals surface area (Å²) in [5.41, 5.74) is 2.19. The molecule has 1 N–H and O–H groups in total. The summed E-state index contributed by atoms with van der Waals surface area (Å²) in [4.78, 5) is 8.40. The van der Waals surface area contributed by atoms with E-state index in [1.54, 1.807) is 6.20 Å². The van der Waals surface area contributed by atoms with E-state index in [-0.39, 0.29) is 0 Å². The van der Waals surface area contributed by atoms with Crippen LogP contribution < -0.4 is 5.32 Å². The Hall–Kier alpha value is -2.21. The summed E-state index contributed by atoms with van der Waals surface area (Å²) in [7, 11) is 0. The maximum atomic E-state index is 5.32. The van der Waals surface area contributed by atoms with Gasteiger partial charge in [-0.15, -0.1) is 0 Å². The lowest BCUT2D eigenvalue weighted by molar-refractivity contribution is 0.572. The topological polar surface area (TPSA) is 63.8 Å². The van der Waals surface area contributed by atoms with Crippen molar-refractivity contribution in [2.75, 3.05) is 5.32 Å². The number of hydrogen-bond donors (Lipinski definition) is 1. The van der Waals surface area contributed by atoms with E-state index in [1.165, 1.54) is 17.9 Å². The fourth-order valence-corrected chi connectivity index (χ4v) is 2.63.